The zero-order chi connectivity index (χ0) is 15.4. The van der Waals surface area contributed by atoms with Crippen LogP contribution in [0.2, 0.25) is 0 Å². The van der Waals surface area contributed by atoms with E-state index in [-0.39, 0.29) is 29.0 Å². The quantitative estimate of drug-likeness (QED) is 0.595. The summed E-state index contributed by atoms with van der Waals surface area (Å²) in [6.07, 6.45) is 0.173. The summed E-state index contributed by atoms with van der Waals surface area (Å²) >= 11 is 1.44. The maximum absolute atomic E-state index is 11.9. The summed E-state index contributed by atoms with van der Waals surface area (Å²) in [5.74, 6) is -1.52. The molecular weight excluding hydrogens is 293 g/mol. The Hall–Kier alpha value is -2.16. The van der Waals surface area contributed by atoms with Crippen molar-refractivity contribution in [1.29, 1.82) is 0 Å². The Morgan fingerprint density at radius 1 is 1.24 bits per heavy atom. The van der Waals surface area contributed by atoms with Crippen molar-refractivity contribution in [2.24, 2.45) is 0 Å². The van der Waals surface area contributed by atoms with Gasteiger partial charge in [-0.15, -0.1) is 11.3 Å². The molecule has 8 heteroatoms. The molecule has 0 radical (unpaired) electrons. The molecule has 0 unspecified atom stereocenters. The molecule has 108 valence electrons. The van der Waals surface area contributed by atoms with E-state index in [1.807, 2.05) is 17.5 Å². The van der Waals surface area contributed by atoms with Gasteiger partial charge in [-0.25, -0.2) is 4.79 Å². The molecule has 4 N–H and O–H groups in total. The van der Waals surface area contributed by atoms with Gasteiger partial charge < -0.3 is 20.5 Å². The lowest BCUT2D eigenvalue weighted by molar-refractivity contribution is -0.115. The number of anilines is 1. The maximum Gasteiger partial charge on any atom is 0.488 e. The van der Waals surface area contributed by atoms with Crippen LogP contribution >= 0.6 is 11.3 Å². The minimum absolute atomic E-state index is 0.00123. The topological polar surface area (TPSA) is 107 Å². The van der Waals surface area contributed by atoms with Crippen molar-refractivity contribution in [3.8, 4) is 0 Å². The third-order valence-electron chi connectivity index (χ3n) is 2.70. The fourth-order valence-corrected chi connectivity index (χ4v) is 2.48. The summed E-state index contributed by atoms with van der Waals surface area (Å²) in [4.78, 5) is 23.7. The number of hydrogen-bond donors (Lipinski definition) is 4. The van der Waals surface area contributed by atoms with Gasteiger partial charge in [0.15, 0.2) is 0 Å². The van der Waals surface area contributed by atoms with E-state index < -0.39 is 13.1 Å². The van der Waals surface area contributed by atoms with Crippen LogP contribution in [0.5, 0.6) is 0 Å². The zero-order valence-corrected chi connectivity index (χ0v) is 11.6. The van der Waals surface area contributed by atoms with Gasteiger partial charge in [0.2, 0.25) is 5.91 Å². The number of nitrogens with one attached hydrogen (secondary N) is 1. The lowest BCUT2D eigenvalue weighted by Crippen LogP contribution is -2.31. The van der Waals surface area contributed by atoms with Crippen molar-refractivity contribution in [2.75, 3.05) is 5.32 Å². The zero-order valence-electron chi connectivity index (χ0n) is 10.8. The second-order valence-corrected chi connectivity index (χ2v) is 5.36. The monoisotopic (exact) mass is 305 g/mol. The molecule has 0 aliphatic carbocycles. The van der Waals surface area contributed by atoms with Gasteiger partial charge in [-0.3, -0.25) is 4.79 Å². The molecule has 1 aromatic heterocycles. The minimum atomic E-state index is -1.81. The highest BCUT2D eigenvalue weighted by atomic mass is 32.1. The van der Waals surface area contributed by atoms with E-state index in [9.17, 15) is 9.59 Å². The van der Waals surface area contributed by atoms with Crippen LogP contribution in [0.1, 0.15) is 15.2 Å². The fourth-order valence-electron chi connectivity index (χ4n) is 1.77. The molecule has 0 spiro atoms. The molecule has 1 aromatic carbocycles. The second kappa shape index (κ2) is 6.53. The Balaban J connectivity index is 2.18. The number of thiophene rings is 1. The predicted octanol–water partition coefficient (Wildman–Crippen LogP) is 0.307. The molecule has 1 amide bonds. The van der Waals surface area contributed by atoms with Crippen molar-refractivity contribution >= 4 is 41.5 Å². The smallest absolute Gasteiger partial charge is 0.478 e. The van der Waals surface area contributed by atoms with Crippen LogP contribution in [0.15, 0.2) is 35.7 Å². The predicted molar refractivity (Wildman–Crippen MR) is 79.9 cm³/mol. The number of rotatable bonds is 5. The normalized spacial score (nSPS) is 10.2. The fraction of sp³-hybridized carbons (Fsp3) is 0.0769. The average Bonchev–Trinajstić information content (AvgIpc) is 2.90. The molecule has 2 aromatic rings. The van der Waals surface area contributed by atoms with E-state index in [0.717, 1.165) is 10.9 Å². The Morgan fingerprint density at radius 2 is 2.00 bits per heavy atom. The number of carbonyl (C=O) groups excluding carboxylic acids is 1. The molecule has 1 heterocycles. The molecule has 0 saturated heterocycles. The number of carboxylic acid groups (broad SMARTS) is 1. The van der Waals surface area contributed by atoms with E-state index in [1.165, 1.54) is 23.5 Å². The number of carbonyl (C=O) groups is 2. The number of amides is 1. The third-order valence-corrected chi connectivity index (χ3v) is 3.58. The van der Waals surface area contributed by atoms with Crippen LogP contribution in [-0.4, -0.2) is 34.1 Å². The van der Waals surface area contributed by atoms with Gasteiger partial charge in [0, 0.05) is 10.6 Å². The van der Waals surface area contributed by atoms with Gasteiger partial charge in [0.25, 0.3) is 0 Å². The number of carboxylic acids is 1. The lowest BCUT2D eigenvalue weighted by Gasteiger charge is -2.09. The standard InChI is InChI=1S/C13H12BNO5S/c16-12(7-11-2-1-3-21-11)15-10-5-8(13(17)18)4-9(6-10)14(19)20/h1-6,19-20H,7H2,(H,15,16)(H,17,18). The molecule has 0 aliphatic rings. The summed E-state index contributed by atoms with van der Waals surface area (Å²) in [6.45, 7) is 0. The molecule has 0 fully saturated rings. The number of hydrogen-bond acceptors (Lipinski definition) is 5. The van der Waals surface area contributed by atoms with Crippen LogP contribution in [0, 0.1) is 0 Å². The Morgan fingerprint density at radius 3 is 2.57 bits per heavy atom. The highest BCUT2D eigenvalue weighted by Crippen LogP contribution is 2.13. The molecule has 21 heavy (non-hydrogen) atoms. The first-order chi connectivity index (χ1) is 9.95. The Labute approximate surface area is 124 Å². The largest absolute Gasteiger partial charge is 0.488 e. The summed E-state index contributed by atoms with van der Waals surface area (Å²) in [5.41, 5.74) is 0.0768. The second-order valence-electron chi connectivity index (χ2n) is 4.33. The first kappa shape index (κ1) is 15.2. The molecule has 0 atom stereocenters. The molecule has 2 rings (SSSR count). The van der Waals surface area contributed by atoms with E-state index in [1.54, 1.807) is 0 Å². The van der Waals surface area contributed by atoms with Crippen LogP contribution in [0.3, 0.4) is 0 Å². The molecular formula is C13H12BNO5S. The van der Waals surface area contributed by atoms with Gasteiger partial charge in [0.05, 0.1) is 12.0 Å². The Kier molecular flexibility index (Phi) is 4.74. The van der Waals surface area contributed by atoms with E-state index in [0.29, 0.717) is 0 Å². The highest BCUT2D eigenvalue weighted by Gasteiger charge is 2.16. The average molecular weight is 305 g/mol. The SMILES string of the molecule is O=C(Cc1cccs1)Nc1cc(B(O)O)cc(C(=O)O)c1. The number of aromatic carboxylic acids is 1. The molecule has 0 bridgehead atoms. The first-order valence-corrected chi connectivity index (χ1v) is 6.90. The van der Waals surface area contributed by atoms with E-state index >= 15 is 0 Å². The maximum atomic E-state index is 11.9. The van der Waals surface area contributed by atoms with Crippen molar-refractivity contribution in [2.45, 2.75) is 6.42 Å². The molecule has 6 nitrogen and oxygen atoms in total. The Bertz CT molecular complexity index is 657. The van der Waals surface area contributed by atoms with Crippen molar-refractivity contribution in [1.82, 2.24) is 0 Å². The highest BCUT2D eigenvalue weighted by molar-refractivity contribution is 7.10. The number of benzene rings is 1. The summed E-state index contributed by atoms with van der Waals surface area (Å²) in [7, 11) is -1.81. The van der Waals surface area contributed by atoms with E-state index in [4.69, 9.17) is 15.2 Å². The summed E-state index contributed by atoms with van der Waals surface area (Å²) in [5, 5.41) is 31.7. The lowest BCUT2D eigenvalue weighted by atomic mass is 9.79. The molecule has 0 saturated carbocycles. The third kappa shape index (κ3) is 4.15. The van der Waals surface area contributed by atoms with Gasteiger partial charge in [-0.1, -0.05) is 6.07 Å². The van der Waals surface area contributed by atoms with E-state index in [2.05, 4.69) is 5.32 Å². The summed E-state index contributed by atoms with van der Waals surface area (Å²) in [6, 6.07) is 7.38. The molecule has 0 aliphatic heterocycles. The van der Waals surface area contributed by atoms with Crippen molar-refractivity contribution in [3.05, 3.63) is 46.2 Å². The van der Waals surface area contributed by atoms with Gasteiger partial charge in [-0.2, -0.15) is 0 Å². The van der Waals surface area contributed by atoms with Crippen LogP contribution in [0.4, 0.5) is 5.69 Å². The van der Waals surface area contributed by atoms with Gasteiger partial charge in [0.1, 0.15) is 0 Å². The van der Waals surface area contributed by atoms with Crippen LogP contribution in [0.25, 0.3) is 0 Å². The van der Waals surface area contributed by atoms with Crippen LogP contribution < -0.4 is 10.8 Å². The van der Waals surface area contributed by atoms with Crippen molar-refractivity contribution < 1.29 is 24.7 Å². The van der Waals surface area contributed by atoms with Crippen LogP contribution in [-0.2, 0) is 11.2 Å². The van der Waals surface area contributed by atoms with Crippen molar-refractivity contribution in [3.63, 3.8) is 0 Å². The van der Waals surface area contributed by atoms with Gasteiger partial charge >= 0.3 is 13.1 Å². The first-order valence-electron chi connectivity index (χ1n) is 6.02. The minimum Gasteiger partial charge on any atom is -0.478 e. The van der Waals surface area contributed by atoms with Gasteiger partial charge in [-0.05, 0) is 35.1 Å². The summed E-state index contributed by atoms with van der Waals surface area (Å²) < 4.78 is 0.